The van der Waals surface area contributed by atoms with Crippen molar-refractivity contribution in [2.75, 3.05) is 0 Å². The van der Waals surface area contributed by atoms with Crippen molar-refractivity contribution in [3.05, 3.63) is 64.2 Å². The molecule has 0 bridgehead atoms. The number of carbonyl (C=O) groups is 1. The number of ketones is 1. The van der Waals surface area contributed by atoms with Gasteiger partial charge in [0, 0.05) is 5.56 Å². The van der Waals surface area contributed by atoms with Crippen LogP contribution < -0.4 is 4.74 Å². The van der Waals surface area contributed by atoms with E-state index in [0.717, 1.165) is 5.56 Å². The molecule has 0 fully saturated rings. The number of halogens is 1. The lowest BCUT2D eigenvalue weighted by atomic mass is 10.1. The predicted molar refractivity (Wildman–Crippen MR) is 77.0 cm³/mol. The largest absolute Gasteiger partial charge is 0.487 e. The summed E-state index contributed by atoms with van der Waals surface area (Å²) in [5, 5.41) is 0.458. The lowest BCUT2D eigenvalue weighted by molar-refractivity contribution is 0.101. The Kier molecular flexibility index (Phi) is 4.23. The van der Waals surface area contributed by atoms with E-state index < -0.39 is 0 Å². The fourth-order valence-electron chi connectivity index (χ4n) is 1.68. The van der Waals surface area contributed by atoms with E-state index in [9.17, 15) is 4.79 Å². The minimum Gasteiger partial charge on any atom is -0.487 e. The molecule has 0 aliphatic rings. The number of rotatable bonds is 4. The van der Waals surface area contributed by atoms with Crippen LogP contribution in [0.15, 0.2) is 42.5 Å². The molecule has 0 atom stereocenters. The van der Waals surface area contributed by atoms with E-state index >= 15 is 0 Å². The second-order valence-electron chi connectivity index (χ2n) is 4.48. The lowest BCUT2D eigenvalue weighted by Crippen LogP contribution is -1.97. The second-order valence-corrected chi connectivity index (χ2v) is 4.88. The summed E-state index contributed by atoms with van der Waals surface area (Å²) in [6.45, 7) is 4.01. The molecule has 0 N–H and O–H groups in total. The van der Waals surface area contributed by atoms with Crippen LogP contribution in [0.4, 0.5) is 0 Å². The molecule has 2 nitrogen and oxygen atoms in total. The summed E-state index contributed by atoms with van der Waals surface area (Å²) in [5.74, 6) is 0.583. The number of carbonyl (C=O) groups excluding carboxylic acids is 1. The van der Waals surface area contributed by atoms with Crippen molar-refractivity contribution in [2.24, 2.45) is 0 Å². The maximum atomic E-state index is 11.2. The van der Waals surface area contributed by atoms with Gasteiger partial charge >= 0.3 is 0 Å². The lowest BCUT2D eigenvalue weighted by Gasteiger charge is -2.09. The molecule has 0 unspecified atom stereocenters. The molecule has 98 valence electrons. The van der Waals surface area contributed by atoms with Crippen LogP contribution in [0.2, 0.25) is 5.02 Å². The molecule has 0 saturated heterocycles. The fourth-order valence-corrected chi connectivity index (χ4v) is 1.92. The van der Waals surface area contributed by atoms with Gasteiger partial charge < -0.3 is 4.74 Å². The summed E-state index contributed by atoms with van der Waals surface area (Å²) in [4.78, 5) is 11.2. The Hall–Kier alpha value is -1.80. The summed E-state index contributed by atoms with van der Waals surface area (Å²) in [7, 11) is 0. The molecule has 2 aromatic carbocycles. The van der Waals surface area contributed by atoms with Crippen molar-refractivity contribution in [2.45, 2.75) is 20.5 Å². The Morgan fingerprint density at radius 3 is 2.42 bits per heavy atom. The first-order valence-corrected chi connectivity index (χ1v) is 6.43. The molecule has 19 heavy (non-hydrogen) atoms. The van der Waals surface area contributed by atoms with Gasteiger partial charge in [-0.25, -0.2) is 0 Å². The summed E-state index contributed by atoms with van der Waals surface area (Å²) in [5.41, 5.74) is 2.89. The minimum absolute atomic E-state index is 0.00742. The SMILES string of the molecule is CC(=O)c1ccc(OCc2ccc(C)cc2)c(Cl)c1. The van der Waals surface area contributed by atoms with Gasteiger partial charge in [-0.2, -0.15) is 0 Å². The van der Waals surface area contributed by atoms with Crippen molar-refractivity contribution in [3.8, 4) is 5.75 Å². The maximum Gasteiger partial charge on any atom is 0.159 e. The maximum absolute atomic E-state index is 11.2. The van der Waals surface area contributed by atoms with Crippen LogP contribution in [0.3, 0.4) is 0 Å². The average Bonchev–Trinajstić information content (AvgIpc) is 2.39. The van der Waals surface area contributed by atoms with Crippen molar-refractivity contribution in [1.29, 1.82) is 0 Å². The first kappa shape index (κ1) is 13.6. The van der Waals surface area contributed by atoms with Gasteiger partial charge in [-0.05, 0) is 37.6 Å². The first-order valence-electron chi connectivity index (χ1n) is 6.05. The summed E-state index contributed by atoms with van der Waals surface area (Å²) in [6, 6.07) is 13.2. The van der Waals surface area contributed by atoms with E-state index in [0.29, 0.717) is 22.9 Å². The number of ether oxygens (including phenoxy) is 1. The molecule has 0 aliphatic carbocycles. The third-order valence-corrected chi connectivity index (χ3v) is 3.15. The topological polar surface area (TPSA) is 26.3 Å². The Bertz CT molecular complexity index is 588. The molecule has 2 aromatic rings. The van der Waals surface area contributed by atoms with Crippen molar-refractivity contribution >= 4 is 17.4 Å². The van der Waals surface area contributed by atoms with Gasteiger partial charge in [0.05, 0.1) is 5.02 Å². The van der Waals surface area contributed by atoms with E-state index in [1.807, 2.05) is 31.2 Å². The van der Waals surface area contributed by atoms with E-state index in [1.54, 1.807) is 18.2 Å². The Morgan fingerprint density at radius 2 is 1.84 bits per heavy atom. The molecule has 0 aromatic heterocycles. The molecular formula is C16H15ClO2. The van der Waals surface area contributed by atoms with Crippen LogP contribution in [0.1, 0.15) is 28.4 Å². The number of benzene rings is 2. The smallest absolute Gasteiger partial charge is 0.159 e. The number of aryl methyl sites for hydroxylation is 1. The van der Waals surface area contributed by atoms with Gasteiger partial charge in [0.2, 0.25) is 0 Å². The summed E-state index contributed by atoms with van der Waals surface area (Å²) < 4.78 is 5.65. The quantitative estimate of drug-likeness (QED) is 0.771. The molecule has 2 rings (SSSR count). The van der Waals surface area contributed by atoms with Crippen LogP contribution in [0, 0.1) is 6.92 Å². The molecule has 3 heteroatoms. The summed E-state index contributed by atoms with van der Waals surface area (Å²) in [6.07, 6.45) is 0. The highest BCUT2D eigenvalue weighted by molar-refractivity contribution is 6.32. The minimum atomic E-state index is -0.00742. The van der Waals surface area contributed by atoms with Crippen LogP contribution in [-0.4, -0.2) is 5.78 Å². The number of hydrogen-bond acceptors (Lipinski definition) is 2. The van der Waals surface area contributed by atoms with E-state index in [-0.39, 0.29) is 5.78 Å². The highest BCUT2D eigenvalue weighted by Crippen LogP contribution is 2.26. The molecule has 0 heterocycles. The Morgan fingerprint density at radius 1 is 1.16 bits per heavy atom. The summed E-state index contributed by atoms with van der Waals surface area (Å²) >= 11 is 6.09. The van der Waals surface area contributed by atoms with Crippen molar-refractivity contribution < 1.29 is 9.53 Å². The van der Waals surface area contributed by atoms with Crippen LogP contribution in [-0.2, 0) is 6.61 Å². The standard InChI is InChI=1S/C16H15ClO2/c1-11-3-5-13(6-4-11)10-19-16-8-7-14(12(2)18)9-15(16)17/h3-9H,10H2,1-2H3. The first-order chi connectivity index (χ1) is 9.06. The molecule has 0 spiro atoms. The van der Waals surface area contributed by atoms with Gasteiger partial charge in [-0.3, -0.25) is 4.79 Å². The van der Waals surface area contributed by atoms with Crippen molar-refractivity contribution in [1.82, 2.24) is 0 Å². The second kappa shape index (κ2) is 5.89. The Labute approximate surface area is 118 Å². The van der Waals surface area contributed by atoms with Gasteiger partial charge in [-0.15, -0.1) is 0 Å². The van der Waals surface area contributed by atoms with Crippen LogP contribution in [0.25, 0.3) is 0 Å². The van der Waals surface area contributed by atoms with Gasteiger partial charge in [0.15, 0.2) is 5.78 Å². The van der Waals surface area contributed by atoms with Crippen molar-refractivity contribution in [3.63, 3.8) is 0 Å². The molecule has 0 amide bonds. The molecule has 0 aliphatic heterocycles. The highest BCUT2D eigenvalue weighted by Gasteiger charge is 2.06. The van der Waals surface area contributed by atoms with Gasteiger partial charge in [-0.1, -0.05) is 41.4 Å². The zero-order valence-electron chi connectivity index (χ0n) is 10.9. The molecule has 0 saturated carbocycles. The van der Waals surface area contributed by atoms with Crippen LogP contribution in [0.5, 0.6) is 5.75 Å². The molecular weight excluding hydrogens is 260 g/mol. The van der Waals surface area contributed by atoms with E-state index in [1.165, 1.54) is 12.5 Å². The molecule has 0 radical (unpaired) electrons. The zero-order valence-corrected chi connectivity index (χ0v) is 11.7. The van der Waals surface area contributed by atoms with Gasteiger partial charge in [0.1, 0.15) is 12.4 Å². The van der Waals surface area contributed by atoms with Crippen LogP contribution >= 0.6 is 11.6 Å². The zero-order chi connectivity index (χ0) is 13.8. The monoisotopic (exact) mass is 274 g/mol. The number of hydrogen-bond donors (Lipinski definition) is 0. The highest BCUT2D eigenvalue weighted by atomic mass is 35.5. The van der Waals surface area contributed by atoms with Gasteiger partial charge in [0.25, 0.3) is 0 Å². The predicted octanol–water partition coefficient (Wildman–Crippen LogP) is 4.43. The van der Waals surface area contributed by atoms with E-state index in [2.05, 4.69) is 0 Å². The number of Topliss-reactive ketones (excluding diaryl/α,β-unsaturated/α-hetero) is 1. The van der Waals surface area contributed by atoms with E-state index in [4.69, 9.17) is 16.3 Å². The third kappa shape index (κ3) is 3.58. The normalized spacial score (nSPS) is 10.3. The average molecular weight is 275 g/mol. The Balaban J connectivity index is 2.07. The third-order valence-electron chi connectivity index (χ3n) is 2.85. The fraction of sp³-hybridized carbons (Fsp3) is 0.188.